The van der Waals surface area contributed by atoms with E-state index in [0.717, 1.165) is 30.8 Å². The molecule has 96 valence electrons. The van der Waals surface area contributed by atoms with Gasteiger partial charge in [0.15, 0.2) is 0 Å². The van der Waals surface area contributed by atoms with Crippen molar-refractivity contribution in [2.45, 2.75) is 13.5 Å². The average molecular weight is 381 g/mol. The van der Waals surface area contributed by atoms with Crippen molar-refractivity contribution in [2.24, 2.45) is 0 Å². The van der Waals surface area contributed by atoms with Crippen LogP contribution in [0.1, 0.15) is 6.92 Å². The molecule has 0 spiro atoms. The van der Waals surface area contributed by atoms with Gasteiger partial charge in [0.1, 0.15) is 5.78 Å². The van der Waals surface area contributed by atoms with Crippen LogP contribution < -0.4 is 0 Å². The first-order valence-corrected chi connectivity index (χ1v) is 7.51. The average Bonchev–Trinajstić information content (AvgIpc) is 2.62. The van der Waals surface area contributed by atoms with Crippen molar-refractivity contribution in [1.29, 1.82) is 0 Å². The monoisotopic (exact) mass is 379 g/mol. The van der Waals surface area contributed by atoms with Crippen LogP contribution in [0.5, 0.6) is 0 Å². The van der Waals surface area contributed by atoms with Gasteiger partial charge < -0.3 is 4.57 Å². The molecule has 4 heteroatoms. The molecule has 3 rings (SSSR count). The molecule has 1 heterocycles. The number of hydrogen-bond donors (Lipinski definition) is 0. The van der Waals surface area contributed by atoms with Gasteiger partial charge in [-0.25, -0.2) is 0 Å². The summed E-state index contributed by atoms with van der Waals surface area (Å²) in [5, 5.41) is 2.32. The SMILES string of the molecule is CC(=O)Cn1c2ccc(Br)cc2c2cc(Br)ccc21. The van der Waals surface area contributed by atoms with Gasteiger partial charge in [0.2, 0.25) is 0 Å². The van der Waals surface area contributed by atoms with Crippen molar-refractivity contribution in [3.8, 4) is 0 Å². The molecule has 19 heavy (non-hydrogen) atoms. The van der Waals surface area contributed by atoms with Crippen LogP contribution in [0, 0.1) is 0 Å². The van der Waals surface area contributed by atoms with Gasteiger partial charge in [0.25, 0.3) is 0 Å². The fourth-order valence-corrected chi connectivity index (χ4v) is 3.16. The van der Waals surface area contributed by atoms with Crippen LogP contribution in [0.2, 0.25) is 0 Å². The number of benzene rings is 2. The van der Waals surface area contributed by atoms with E-state index in [-0.39, 0.29) is 5.78 Å². The zero-order valence-corrected chi connectivity index (χ0v) is 13.5. The molecule has 0 fully saturated rings. The van der Waals surface area contributed by atoms with E-state index in [1.165, 1.54) is 0 Å². The summed E-state index contributed by atoms with van der Waals surface area (Å²) >= 11 is 7.02. The number of rotatable bonds is 2. The fourth-order valence-electron chi connectivity index (χ4n) is 2.44. The lowest BCUT2D eigenvalue weighted by atomic mass is 10.2. The minimum Gasteiger partial charge on any atom is -0.333 e. The zero-order chi connectivity index (χ0) is 13.6. The summed E-state index contributed by atoms with van der Waals surface area (Å²) in [6.07, 6.45) is 0. The molecule has 0 aliphatic heterocycles. The molecule has 0 atom stereocenters. The number of fused-ring (bicyclic) bond motifs is 3. The summed E-state index contributed by atoms with van der Waals surface area (Å²) in [6, 6.07) is 12.3. The van der Waals surface area contributed by atoms with Gasteiger partial charge in [-0.05, 0) is 43.3 Å². The van der Waals surface area contributed by atoms with E-state index >= 15 is 0 Å². The molecule has 0 saturated heterocycles. The van der Waals surface area contributed by atoms with E-state index in [0.29, 0.717) is 6.54 Å². The zero-order valence-electron chi connectivity index (χ0n) is 10.3. The third-order valence-electron chi connectivity index (χ3n) is 3.17. The molecule has 3 aromatic rings. The topological polar surface area (TPSA) is 22.0 Å². The highest BCUT2D eigenvalue weighted by Crippen LogP contribution is 2.32. The number of carbonyl (C=O) groups excluding carboxylic acids is 1. The van der Waals surface area contributed by atoms with Crippen LogP contribution in [0.4, 0.5) is 0 Å². The molecule has 0 saturated carbocycles. The Kier molecular flexibility index (Phi) is 3.23. The molecule has 0 bridgehead atoms. The van der Waals surface area contributed by atoms with Crippen LogP contribution in [0.25, 0.3) is 21.8 Å². The molecular formula is C15H11Br2NO. The van der Waals surface area contributed by atoms with Crippen molar-refractivity contribution in [1.82, 2.24) is 4.57 Å². The van der Waals surface area contributed by atoms with Gasteiger partial charge in [0.05, 0.1) is 6.54 Å². The molecular weight excluding hydrogens is 370 g/mol. The Morgan fingerprint density at radius 3 is 1.89 bits per heavy atom. The van der Waals surface area contributed by atoms with E-state index < -0.39 is 0 Å². The number of aromatic nitrogens is 1. The number of Topliss-reactive ketones (excluding diaryl/α,β-unsaturated/α-hetero) is 1. The maximum Gasteiger partial charge on any atom is 0.149 e. The Hall–Kier alpha value is -1.13. The maximum absolute atomic E-state index is 11.5. The van der Waals surface area contributed by atoms with Gasteiger partial charge in [-0.2, -0.15) is 0 Å². The fraction of sp³-hybridized carbons (Fsp3) is 0.133. The van der Waals surface area contributed by atoms with E-state index in [1.54, 1.807) is 6.92 Å². The first kappa shape index (κ1) is 12.9. The number of hydrogen-bond acceptors (Lipinski definition) is 1. The van der Waals surface area contributed by atoms with E-state index in [1.807, 2.05) is 12.1 Å². The van der Waals surface area contributed by atoms with Crippen LogP contribution >= 0.6 is 31.9 Å². The normalized spacial score (nSPS) is 11.3. The predicted molar refractivity (Wildman–Crippen MR) is 85.5 cm³/mol. The van der Waals surface area contributed by atoms with Crippen LogP contribution in [0.3, 0.4) is 0 Å². The first-order valence-electron chi connectivity index (χ1n) is 5.93. The lowest BCUT2D eigenvalue weighted by Gasteiger charge is -2.04. The minimum atomic E-state index is 0.157. The molecule has 0 unspecified atom stereocenters. The third kappa shape index (κ3) is 2.23. The van der Waals surface area contributed by atoms with E-state index in [9.17, 15) is 4.79 Å². The Labute approximate surface area is 127 Å². The quantitative estimate of drug-likeness (QED) is 0.619. The Morgan fingerprint density at radius 2 is 1.47 bits per heavy atom. The lowest BCUT2D eigenvalue weighted by molar-refractivity contribution is -0.117. The Balaban J connectivity index is 2.46. The minimum absolute atomic E-state index is 0.157. The first-order chi connectivity index (χ1) is 9.06. The number of nitrogens with zero attached hydrogens (tertiary/aromatic N) is 1. The number of ketones is 1. The summed E-state index contributed by atoms with van der Waals surface area (Å²) in [6.45, 7) is 2.03. The van der Waals surface area contributed by atoms with Crippen molar-refractivity contribution < 1.29 is 4.79 Å². The Morgan fingerprint density at radius 1 is 1.00 bits per heavy atom. The highest BCUT2D eigenvalue weighted by molar-refractivity contribution is 9.10. The smallest absolute Gasteiger partial charge is 0.149 e. The highest BCUT2D eigenvalue weighted by Gasteiger charge is 2.12. The molecule has 0 aliphatic carbocycles. The highest BCUT2D eigenvalue weighted by atomic mass is 79.9. The van der Waals surface area contributed by atoms with Crippen LogP contribution in [-0.2, 0) is 11.3 Å². The standard InChI is InChI=1S/C15H11Br2NO/c1-9(19)8-18-14-4-2-10(16)6-12(14)13-7-11(17)3-5-15(13)18/h2-7H,8H2,1H3. The molecule has 0 N–H and O–H groups in total. The van der Waals surface area contributed by atoms with Gasteiger partial charge in [-0.15, -0.1) is 0 Å². The summed E-state index contributed by atoms with van der Waals surface area (Å²) in [5.74, 6) is 0.157. The van der Waals surface area contributed by atoms with Gasteiger partial charge in [-0.3, -0.25) is 4.79 Å². The summed E-state index contributed by atoms with van der Waals surface area (Å²) in [7, 11) is 0. The largest absolute Gasteiger partial charge is 0.333 e. The van der Waals surface area contributed by atoms with Gasteiger partial charge in [0, 0.05) is 30.8 Å². The van der Waals surface area contributed by atoms with Crippen LogP contribution in [0.15, 0.2) is 45.3 Å². The molecule has 2 aromatic carbocycles. The van der Waals surface area contributed by atoms with Crippen molar-refractivity contribution in [2.75, 3.05) is 0 Å². The predicted octanol–water partition coefficient (Wildman–Crippen LogP) is 4.91. The second-order valence-electron chi connectivity index (χ2n) is 4.61. The van der Waals surface area contributed by atoms with Gasteiger partial charge in [-0.1, -0.05) is 31.9 Å². The second-order valence-corrected chi connectivity index (χ2v) is 6.44. The summed E-state index contributed by atoms with van der Waals surface area (Å²) in [4.78, 5) is 11.5. The molecule has 0 amide bonds. The number of carbonyl (C=O) groups is 1. The van der Waals surface area contributed by atoms with Crippen LogP contribution in [-0.4, -0.2) is 10.4 Å². The number of halogens is 2. The van der Waals surface area contributed by atoms with Crippen molar-refractivity contribution in [3.05, 3.63) is 45.3 Å². The van der Waals surface area contributed by atoms with Crippen molar-refractivity contribution >= 4 is 59.4 Å². The van der Waals surface area contributed by atoms with Gasteiger partial charge >= 0.3 is 0 Å². The maximum atomic E-state index is 11.5. The molecule has 2 nitrogen and oxygen atoms in total. The second kappa shape index (κ2) is 4.76. The molecule has 0 aliphatic rings. The Bertz CT molecular complexity index is 745. The summed E-state index contributed by atoms with van der Waals surface area (Å²) < 4.78 is 4.16. The van der Waals surface area contributed by atoms with E-state index in [4.69, 9.17) is 0 Å². The van der Waals surface area contributed by atoms with Crippen molar-refractivity contribution in [3.63, 3.8) is 0 Å². The summed E-state index contributed by atoms with van der Waals surface area (Å²) in [5.41, 5.74) is 2.18. The molecule has 0 radical (unpaired) electrons. The van der Waals surface area contributed by atoms with E-state index in [2.05, 4.69) is 60.7 Å². The lowest BCUT2D eigenvalue weighted by Crippen LogP contribution is -2.05. The molecule has 1 aromatic heterocycles. The third-order valence-corrected chi connectivity index (χ3v) is 4.16.